The molecular formula is C15H20O2. The van der Waals surface area contributed by atoms with E-state index in [2.05, 4.69) is 6.58 Å². The number of rotatable bonds is 5. The van der Waals surface area contributed by atoms with E-state index in [4.69, 9.17) is 4.74 Å². The Labute approximate surface area is 103 Å². The number of carbonyl (C=O) groups is 1. The molecule has 1 rings (SSSR count). The molecule has 2 nitrogen and oxygen atoms in total. The summed E-state index contributed by atoms with van der Waals surface area (Å²) in [6.07, 6.45) is 2.34. The first kappa shape index (κ1) is 13.5. The maximum atomic E-state index is 12.1. The van der Waals surface area contributed by atoms with Crippen LogP contribution in [-0.2, 0) is 14.9 Å². The van der Waals surface area contributed by atoms with Crippen LogP contribution in [0.1, 0.15) is 31.4 Å². The lowest BCUT2D eigenvalue weighted by Gasteiger charge is -2.26. The number of esters is 1. The van der Waals surface area contributed by atoms with Crippen LogP contribution in [0, 0.1) is 6.92 Å². The molecule has 0 aromatic heterocycles. The van der Waals surface area contributed by atoms with Gasteiger partial charge in [0.05, 0.1) is 12.0 Å². The van der Waals surface area contributed by atoms with Gasteiger partial charge in [0.1, 0.15) is 0 Å². The minimum atomic E-state index is -0.633. The van der Waals surface area contributed by atoms with Crippen molar-refractivity contribution in [1.82, 2.24) is 0 Å². The summed E-state index contributed by atoms with van der Waals surface area (Å²) in [6.45, 7) is 9.87. The third-order valence-electron chi connectivity index (χ3n) is 2.97. The van der Waals surface area contributed by atoms with Gasteiger partial charge in [-0.05, 0) is 32.8 Å². The normalized spacial score (nSPS) is 13.8. The highest BCUT2D eigenvalue weighted by Crippen LogP contribution is 2.30. The Bertz CT molecular complexity index is 392. The van der Waals surface area contributed by atoms with Gasteiger partial charge >= 0.3 is 5.97 Å². The number of ether oxygens (including phenoxy) is 1. The summed E-state index contributed by atoms with van der Waals surface area (Å²) < 4.78 is 5.16. The van der Waals surface area contributed by atoms with Gasteiger partial charge in [-0.25, -0.2) is 0 Å². The first-order valence-electron chi connectivity index (χ1n) is 5.90. The third kappa shape index (κ3) is 2.96. The van der Waals surface area contributed by atoms with Crippen molar-refractivity contribution in [2.75, 3.05) is 6.61 Å². The van der Waals surface area contributed by atoms with Gasteiger partial charge in [-0.1, -0.05) is 35.9 Å². The van der Waals surface area contributed by atoms with Crippen molar-refractivity contribution in [3.8, 4) is 0 Å². The Hall–Kier alpha value is -1.57. The summed E-state index contributed by atoms with van der Waals surface area (Å²) in [6, 6.07) is 7.98. The highest BCUT2D eigenvalue weighted by Gasteiger charge is 2.35. The Morgan fingerprint density at radius 2 is 2.00 bits per heavy atom. The van der Waals surface area contributed by atoms with Crippen LogP contribution in [0.3, 0.4) is 0 Å². The summed E-state index contributed by atoms with van der Waals surface area (Å²) in [5.74, 6) is -0.191. The molecule has 0 saturated heterocycles. The van der Waals surface area contributed by atoms with Gasteiger partial charge in [-0.15, -0.1) is 6.58 Å². The molecule has 2 heteroatoms. The fourth-order valence-electron chi connectivity index (χ4n) is 1.82. The monoisotopic (exact) mass is 232 g/mol. The van der Waals surface area contributed by atoms with Crippen LogP contribution in [0.4, 0.5) is 0 Å². The molecule has 0 N–H and O–H groups in total. The van der Waals surface area contributed by atoms with Crippen LogP contribution in [0.2, 0.25) is 0 Å². The fraction of sp³-hybridized carbons (Fsp3) is 0.400. The van der Waals surface area contributed by atoms with Crippen LogP contribution in [0.15, 0.2) is 36.9 Å². The van der Waals surface area contributed by atoms with E-state index in [-0.39, 0.29) is 5.97 Å². The average Bonchev–Trinajstić information content (AvgIpc) is 2.30. The second-order valence-corrected chi connectivity index (χ2v) is 4.41. The van der Waals surface area contributed by atoms with Gasteiger partial charge < -0.3 is 4.74 Å². The molecule has 0 aliphatic rings. The molecule has 1 aromatic rings. The second kappa shape index (κ2) is 5.67. The Morgan fingerprint density at radius 1 is 1.41 bits per heavy atom. The smallest absolute Gasteiger partial charge is 0.316 e. The molecule has 0 heterocycles. The summed E-state index contributed by atoms with van der Waals surface area (Å²) in [4.78, 5) is 12.1. The molecule has 0 bridgehead atoms. The number of benzene rings is 1. The molecule has 92 valence electrons. The van der Waals surface area contributed by atoms with Gasteiger partial charge in [0, 0.05) is 0 Å². The van der Waals surface area contributed by atoms with E-state index in [1.165, 1.54) is 5.56 Å². The van der Waals surface area contributed by atoms with Crippen molar-refractivity contribution in [1.29, 1.82) is 0 Å². The summed E-state index contributed by atoms with van der Waals surface area (Å²) >= 11 is 0. The quantitative estimate of drug-likeness (QED) is 0.574. The number of hydrogen-bond acceptors (Lipinski definition) is 2. The lowest BCUT2D eigenvalue weighted by molar-refractivity contribution is -0.149. The van der Waals surface area contributed by atoms with Gasteiger partial charge in [-0.2, -0.15) is 0 Å². The average molecular weight is 232 g/mol. The molecule has 0 amide bonds. The molecule has 0 aliphatic carbocycles. The fourth-order valence-corrected chi connectivity index (χ4v) is 1.82. The van der Waals surface area contributed by atoms with Crippen LogP contribution in [-0.4, -0.2) is 12.6 Å². The summed E-state index contributed by atoms with van der Waals surface area (Å²) in [5.41, 5.74) is 1.52. The first-order chi connectivity index (χ1) is 8.04. The topological polar surface area (TPSA) is 26.3 Å². The van der Waals surface area contributed by atoms with E-state index >= 15 is 0 Å². The lowest BCUT2D eigenvalue weighted by atomic mass is 9.79. The molecule has 0 radical (unpaired) electrons. The number of carbonyl (C=O) groups excluding carboxylic acids is 1. The predicted molar refractivity (Wildman–Crippen MR) is 70.0 cm³/mol. The van der Waals surface area contributed by atoms with E-state index < -0.39 is 5.41 Å². The Kier molecular flexibility index (Phi) is 4.50. The van der Waals surface area contributed by atoms with Crippen LogP contribution in [0.5, 0.6) is 0 Å². The molecule has 0 fully saturated rings. The van der Waals surface area contributed by atoms with E-state index in [1.807, 2.05) is 45.0 Å². The van der Waals surface area contributed by atoms with Crippen molar-refractivity contribution < 1.29 is 9.53 Å². The Morgan fingerprint density at radius 3 is 2.47 bits per heavy atom. The van der Waals surface area contributed by atoms with E-state index in [0.29, 0.717) is 13.0 Å². The number of allylic oxidation sites excluding steroid dienone is 1. The maximum Gasteiger partial charge on any atom is 0.316 e. The zero-order valence-electron chi connectivity index (χ0n) is 10.8. The van der Waals surface area contributed by atoms with Crippen LogP contribution < -0.4 is 0 Å². The zero-order valence-corrected chi connectivity index (χ0v) is 10.8. The standard InChI is InChI=1S/C15H20O2/c1-5-11-15(4,14(16)17-6-2)13-9-7-12(3)8-10-13/h5,7-10H,1,6,11H2,2-4H3. The largest absolute Gasteiger partial charge is 0.465 e. The maximum absolute atomic E-state index is 12.1. The van der Waals surface area contributed by atoms with Gasteiger partial charge in [0.25, 0.3) is 0 Å². The minimum Gasteiger partial charge on any atom is -0.465 e. The van der Waals surface area contributed by atoms with Crippen molar-refractivity contribution in [2.45, 2.75) is 32.6 Å². The van der Waals surface area contributed by atoms with E-state index in [9.17, 15) is 4.79 Å². The second-order valence-electron chi connectivity index (χ2n) is 4.41. The molecule has 0 saturated carbocycles. The number of hydrogen-bond donors (Lipinski definition) is 0. The highest BCUT2D eigenvalue weighted by molar-refractivity contribution is 5.83. The van der Waals surface area contributed by atoms with Crippen molar-refractivity contribution in [3.63, 3.8) is 0 Å². The minimum absolute atomic E-state index is 0.191. The van der Waals surface area contributed by atoms with Crippen LogP contribution in [0.25, 0.3) is 0 Å². The molecule has 1 atom stereocenters. The molecular weight excluding hydrogens is 212 g/mol. The predicted octanol–water partition coefficient (Wildman–Crippen LogP) is 3.39. The summed E-state index contributed by atoms with van der Waals surface area (Å²) in [5, 5.41) is 0. The third-order valence-corrected chi connectivity index (χ3v) is 2.97. The molecule has 0 aliphatic heterocycles. The van der Waals surface area contributed by atoms with Crippen molar-refractivity contribution in [3.05, 3.63) is 48.0 Å². The molecule has 17 heavy (non-hydrogen) atoms. The lowest BCUT2D eigenvalue weighted by Crippen LogP contribution is -2.34. The zero-order chi connectivity index (χ0) is 12.9. The Balaban J connectivity index is 3.10. The number of aryl methyl sites for hydroxylation is 1. The van der Waals surface area contributed by atoms with E-state index in [0.717, 1.165) is 5.56 Å². The van der Waals surface area contributed by atoms with Crippen molar-refractivity contribution in [2.24, 2.45) is 0 Å². The van der Waals surface area contributed by atoms with Crippen molar-refractivity contribution >= 4 is 5.97 Å². The SMILES string of the molecule is C=CCC(C)(C(=O)OCC)c1ccc(C)cc1. The molecule has 1 unspecified atom stereocenters. The molecule has 0 spiro atoms. The van der Waals surface area contributed by atoms with Gasteiger partial charge in [0.15, 0.2) is 0 Å². The van der Waals surface area contributed by atoms with Gasteiger partial charge in [0.2, 0.25) is 0 Å². The van der Waals surface area contributed by atoms with Gasteiger partial charge in [-0.3, -0.25) is 4.79 Å². The summed E-state index contributed by atoms with van der Waals surface area (Å²) in [7, 11) is 0. The highest BCUT2D eigenvalue weighted by atomic mass is 16.5. The first-order valence-corrected chi connectivity index (χ1v) is 5.90. The molecule has 1 aromatic carbocycles. The van der Waals surface area contributed by atoms with Crippen LogP contribution >= 0.6 is 0 Å². The van der Waals surface area contributed by atoms with E-state index in [1.54, 1.807) is 6.08 Å².